The fourth-order valence-electron chi connectivity index (χ4n) is 1.51. The summed E-state index contributed by atoms with van der Waals surface area (Å²) in [5.41, 5.74) is 2.07. The maximum Gasteiger partial charge on any atom is 0.311 e. The fraction of sp³-hybridized carbons (Fsp3) is 0. The second-order valence-electron chi connectivity index (χ2n) is 3.89. The van der Waals surface area contributed by atoms with Crippen molar-refractivity contribution < 1.29 is 14.8 Å². The van der Waals surface area contributed by atoms with Crippen LogP contribution in [-0.2, 0) is 0 Å². The second kappa shape index (κ2) is 6.24. The zero-order chi connectivity index (χ0) is 15.2. The van der Waals surface area contributed by atoms with Gasteiger partial charge in [-0.05, 0) is 18.2 Å². The van der Waals surface area contributed by atoms with E-state index in [9.17, 15) is 20.0 Å². The van der Waals surface area contributed by atoms with E-state index in [2.05, 4.69) is 15.5 Å². The number of nitrogens with zero attached hydrogens (tertiary/aromatic N) is 3. The van der Waals surface area contributed by atoms with Gasteiger partial charge in [0, 0.05) is 17.8 Å². The van der Waals surface area contributed by atoms with Crippen molar-refractivity contribution >= 4 is 17.8 Å². The largest absolute Gasteiger partial charge is 0.502 e. The summed E-state index contributed by atoms with van der Waals surface area (Å²) < 4.78 is 0. The molecule has 1 aromatic heterocycles. The number of pyridine rings is 1. The molecule has 0 bridgehead atoms. The molecule has 0 saturated heterocycles. The number of amides is 1. The molecule has 1 heterocycles. The number of hydrazone groups is 1. The number of nitro benzene ring substituents is 1. The number of nitrogens with one attached hydrogen (secondary N) is 1. The molecule has 2 aromatic rings. The molecule has 0 fully saturated rings. The Morgan fingerprint density at radius 2 is 2.14 bits per heavy atom. The van der Waals surface area contributed by atoms with Gasteiger partial charge in [0.15, 0.2) is 0 Å². The molecule has 2 N–H and O–H groups in total. The third kappa shape index (κ3) is 3.38. The molecule has 8 heteroatoms. The molecule has 0 aliphatic carbocycles. The molecule has 1 aromatic carbocycles. The van der Waals surface area contributed by atoms with Gasteiger partial charge in [-0.2, -0.15) is 5.10 Å². The minimum absolute atomic E-state index is 0.116. The van der Waals surface area contributed by atoms with Crippen LogP contribution in [0.5, 0.6) is 5.75 Å². The number of para-hydroxylation sites is 1. The summed E-state index contributed by atoms with van der Waals surface area (Å²) in [6.45, 7) is 0. The third-order valence-corrected chi connectivity index (χ3v) is 2.51. The van der Waals surface area contributed by atoms with E-state index in [1.54, 1.807) is 12.1 Å². The fourth-order valence-corrected chi connectivity index (χ4v) is 1.51. The lowest BCUT2D eigenvalue weighted by atomic mass is 10.2. The number of hydrogen-bond acceptors (Lipinski definition) is 6. The van der Waals surface area contributed by atoms with E-state index in [0.29, 0.717) is 0 Å². The Balaban J connectivity index is 2.10. The highest BCUT2D eigenvalue weighted by molar-refractivity contribution is 5.93. The number of phenols is 1. The van der Waals surface area contributed by atoms with Gasteiger partial charge in [-0.25, -0.2) is 5.43 Å². The van der Waals surface area contributed by atoms with E-state index in [1.165, 1.54) is 30.5 Å². The average molecular weight is 286 g/mol. The Kier molecular flexibility index (Phi) is 4.20. The number of hydrogen-bond donors (Lipinski definition) is 2. The van der Waals surface area contributed by atoms with Crippen LogP contribution >= 0.6 is 0 Å². The minimum atomic E-state index is -0.709. The Hall–Kier alpha value is -3.29. The standard InChI is InChI=1S/C13H10N4O4/c18-12-9(4-3-6-11(12)17(20)21)8-15-16-13(19)10-5-1-2-7-14-10/h1-8,18H,(H,16,19)/b15-8+. The number of aromatic nitrogens is 1. The molecule has 21 heavy (non-hydrogen) atoms. The maximum absolute atomic E-state index is 11.6. The van der Waals surface area contributed by atoms with Gasteiger partial charge in [0.2, 0.25) is 5.75 Å². The molecule has 0 unspecified atom stereocenters. The molecule has 0 spiro atoms. The molecule has 2 rings (SSSR count). The highest BCUT2D eigenvalue weighted by Gasteiger charge is 2.15. The van der Waals surface area contributed by atoms with Gasteiger partial charge in [0.05, 0.1) is 11.1 Å². The zero-order valence-corrected chi connectivity index (χ0v) is 10.6. The molecular weight excluding hydrogens is 276 g/mol. The first-order valence-corrected chi connectivity index (χ1v) is 5.80. The predicted molar refractivity (Wildman–Crippen MR) is 74.1 cm³/mol. The van der Waals surface area contributed by atoms with Crippen molar-refractivity contribution in [2.24, 2.45) is 5.10 Å². The summed E-state index contributed by atoms with van der Waals surface area (Å²) >= 11 is 0. The Morgan fingerprint density at radius 1 is 1.33 bits per heavy atom. The van der Waals surface area contributed by atoms with Crippen LogP contribution in [0, 0.1) is 10.1 Å². The van der Waals surface area contributed by atoms with Crippen molar-refractivity contribution in [3.8, 4) is 5.75 Å². The number of carbonyl (C=O) groups excluding carboxylic acids is 1. The lowest BCUT2D eigenvalue weighted by Gasteiger charge is -2.00. The summed E-state index contributed by atoms with van der Waals surface area (Å²) in [7, 11) is 0. The number of carbonyl (C=O) groups is 1. The highest BCUT2D eigenvalue weighted by atomic mass is 16.6. The van der Waals surface area contributed by atoms with Gasteiger partial charge in [-0.3, -0.25) is 19.9 Å². The van der Waals surface area contributed by atoms with E-state index in [4.69, 9.17) is 0 Å². The predicted octanol–water partition coefficient (Wildman–Crippen LogP) is 1.46. The topological polar surface area (TPSA) is 118 Å². The van der Waals surface area contributed by atoms with Crippen LogP contribution in [0.2, 0.25) is 0 Å². The number of rotatable bonds is 4. The summed E-state index contributed by atoms with van der Waals surface area (Å²) in [6.07, 6.45) is 2.58. The summed E-state index contributed by atoms with van der Waals surface area (Å²) in [5, 5.41) is 24.0. The number of benzene rings is 1. The monoisotopic (exact) mass is 286 g/mol. The molecule has 106 valence electrons. The van der Waals surface area contributed by atoms with Crippen molar-refractivity contribution in [2.45, 2.75) is 0 Å². The SMILES string of the molecule is O=C(N/N=C/c1cccc([N+](=O)[O-])c1O)c1ccccn1. The van der Waals surface area contributed by atoms with Gasteiger partial charge in [0.1, 0.15) is 5.69 Å². The van der Waals surface area contributed by atoms with Gasteiger partial charge in [0.25, 0.3) is 5.91 Å². The van der Waals surface area contributed by atoms with Crippen LogP contribution in [-0.4, -0.2) is 27.1 Å². The van der Waals surface area contributed by atoms with Gasteiger partial charge in [-0.1, -0.05) is 12.1 Å². The first-order chi connectivity index (χ1) is 10.1. The lowest BCUT2D eigenvalue weighted by Crippen LogP contribution is -2.18. The molecule has 0 aliphatic rings. The quantitative estimate of drug-likeness (QED) is 0.501. The number of aromatic hydroxyl groups is 1. The molecule has 1 amide bonds. The average Bonchev–Trinajstić information content (AvgIpc) is 2.49. The Morgan fingerprint density at radius 3 is 2.81 bits per heavy atom. The Labute approximate surface area is 118 Å². The number of phenolic OH excluding ortho intramolecular Hbond substituents is 1. The normalized spacial score (nSPS) is 10.5. The molecule has 8 nitrogen and oxygen atoms in total. The van der Waals surface area contributed by atoms with Crippen molar-refractivity contribution in [3.63, 3.8) is 0 Å². The molecular formula is C13H10N4O4. The van der Waals surface area contributed by atoms with E-state index in [-0.39, 0.29) is 11.3 Å². The van der Waals surface area contributed by atoms with Crippen molar-refractivity contribution in [2.75, 3.05) is 0 Å². The van der Waals surface area contributed by atoms with E-state index in [1.807, 2.05) is 0 Å². The first kappa shape index (κ1) is 14.1. The smallest absolute Gasteiger partial charge is 0.311 e. The van der Waals surface area contributed by atoms with Gasteiger partial charge >= 0.3 is 5.69 Å². The minimum Gasteiger partial charge on any atom is -0.502 e. The molecule has 0 atom stereocenters. The van der Waals surface area contributed by atoms with E-state index >= 15 is 0 Å². The van der Waals surface area contributed by atoms with Crippen LogP contribution in [0.15, 0.2) is 47.7 Å². The maximum atomic E-state index is 11.6. The Bertz CT molecular complexity index is 701. The summed E-state index contributed by atoms with van der Waals surface area (Å²) in [4.78, 5) is 25.4. The van der Waals surface area contributed by atoms with Gasteiger partial charge < -0.3 is 5.11 Å². The van der Waals surface area contributed by atoms with Crippen LogP contribution in [0.4, 0.5) is 5.69 Å². The summed E-state index contributed by atoms with van der Waals surface area (Å²) in [6, 6.07) is 8.83. The van der Waals surface area contributed by atoms with Crippen molar-refractivity contribution in [1.29, 1.82) is 0 Å². The number of nitro groups is 1. The second-order valence-corrected chi connectivity index (χ2v) is 3.89. The molecule has 0 saturated carbocycles. The van der Waals surface area contributed by atoms with Crippen LogP contribution in [0.1, 0.15) is 16.1 Å². The molecule has 0 radical (unpaired) electrons. The lowest BCUT2D eigenvalue weighted by molar-refractivity contribution is -0.385. The van der Waals surface area contributed by atoms with Crippen molar-refractivity contribution in [1.82, 2.24) is 10.4 Å². The van der Waals surface area contributed by atoms with E-state index in [0.717, 1.165) is 6.21 Å². The zero-order valence-electron chi connectivity index (χ0n) is 10.6. The first-order valence-electron chi connectivity index (χ1n) is 5.80. The third-order valence-electron chi connectivity index (χ3n) is 2.51. The molecule has 0 aliphatic heterocycles. The van der Waals surface area contributed by atoms with Crippen LogP contribution in [0.3, 0.4) is 0 Å². The van der Waals surface area contributed by atoms with E-state index < -0.39 is 22.3 Å². The van der Waals surface area contributed by atoms with Crippen molar-refractivity contribution in [3.05, 3.63) is 64.0 Å². The summed E-state index contributed by atoms with van der Waals surface area (Å²) in [5.74, 6) is -1.05. The van der Waals surface area contributed by atoms with Crippen LogP contribution in [0.25, 0.3) is 0 Å². The van der Waals surface area contributed by atoms with Crippen LogP contribution < -0.4 is 5.43 Å². The van der Waals surface area contributed by atoms with Gasteiger partial charge in [-0.15, -0.1) is 0 Å². The highest BCUT2D eigenvalue weighted by Crippen LogP contribution is 2.27.